The Morgan fingerprint density at radius 2 is 1.85 bits per heavy atom. The van der Waals surface area contributed by atoms with E-state index in [0.717, 1.165) is 0 Å². The number of ether oxygens (including phenoxy) is 1. The summed E-state index contributed by atoms with van der Waals surface area (Å²) in [5.41, 5.74) is -1.59. The van der Waals surface area contributed by atoms with Gasteiger partial charge in [-0.25, -0.2) is 0 Å². The summed E-state index contributed by atoms with van der Waals surface area (Å²) in [6.07, 6.45) is 0. The summed E-state index contributed by atoms with van der Waals surface area (Å²) in [4.78, 5) is 1.45. The van der Waals surface area contributed by atoms with E-state index in [1.165, 1.54) is 4.90 Å². The second-order valence-electron chi connectivity index (χ2n) is 3.83. The molecule has 0 saturated carbocycles. The van der Waals surface area contributed by atoms with E-state index < -0.39 is 11.0 Å². The first-order valence-corrected chi connectivity index (χ1v) is 4.23. The molecule has 1 rings (SSSR count). The van der Waals surface area contributed by atoms with Crippen molar-refractivity contribution >= 4 is 23.5 Å². The Hall–Kier alpha value is 0.0748. The molecule has 0 aromatic rings. The standard InChI is InChI=1S/C7H12B3NO2/c1-5(2)11-6(8,9)3-13-4-7(11,10)12/h5,12H,3-4H2,1-2H3. The van der Waals surface area contributed by atoms with Crippen LogP contribution in [0, 0.1) is 0 Å². The Morgan fingerprint density at radius 3 is 2.15 bits per heavy atom. The fourth-order valence-electron chi connectivity index (χ4n) is 1.79. The Morgan fingerprint density at radius 1 is 1.31 bits per heavy atom. The van der Waals surface area contributed by atoms with Crippen molar-refractivity contribution in [2.75, 3.05) is 13.2 Å². The van der Waals surface area contributed by atoms with Gasteiger partial charge in [-0.15, -0.1) is 0 Å². The van der Waals surface area contributed by atoms with Crippen molar-refractivity contribution in [2.45, 2.75) is 30.9 Å². The van der Waals surface area contributed by atoms with Gasteiger partial charge in [-0.3, -0.25) is 4.90 Å². The van der Waals surface area contributed by atoms with Gasteiger partial charge in [-0.2, -0.15) is 0 Å². The number of nitrogens with zero attached hydrogens (tertiary/aromatic N) is 1. The average molecular weight is 175 g/mol. The third kappa shape index (κ3) is 2.11. The second-order valence-corrected chi connectivity index (χ2v) is 3.83. The summed E-state index contributed by atoms with van der Waals surface area (Å²) >= 11 is 0. The van der Waals surface area contributed by atoms with E-state index in [0.29, 0.717) is 0 Å². The van der Waals surface area contributed by atoms with Gasteiger partial charge in [-0.05, 0) is 19.2 Å². The zero-order valence-electron chi connectivity index (χ0n) is 8.03. The predicted molar refractivity (Wildman–Crippen MR) is 52.7 cm³/mol. The van der Waals surface area contributed by atoms with Crippen LogP contribution in [0.1, 0.15) is 13.8 Å². The molecule has 1 fully saturated rings. The van der Waals surface area contributed by atoms with E-state index in [1.54, 1.807) is 0 Å². The third-order valence-electron chi connectivity index (χ3n) is 2.03. The Labute approximate surface area is 83.0 Å². The lowest BCUT2D eigenvalue weighted by atomic mass is 9.58. The van der Waals surface area contributed by atoms with Gasteiger partial charge in [0, 0.05) is 12.6 Å². The fraction of sp³-hybridized carbons (Fsp3) is 1.00. The Balaban J connectivity index is 2.91. The Kier molecular flexibility index (Phi) is 2.86. The number of hydrogen-bond acceptors (Lipinski definition) is 3. The van der Waals surface area contributed by atoms with Crippen molar-refractivity contribution in [2.24, 2.45) is 0 Å². The lowest BCUT2D eigenvalue weighted by molar-refractivity contribution is -0.169. The minimum atomic E-state index is -1.59. The minimum absolute atomic E-state index is 0.0152. The highest BCUT2D eigenvalue weighted by Gasteiger charge is 2.43. The lowest BCUT2D eigenvalue weighted by Gasteiger charge is -2.54. The van der Waals surface area contributed by atoms with E-state index in [-0.39, 0.29) is 19.3 Å². The predicted octanol–water partition coefficient (Wildman–Crippen LogP) is -1.47. The highest BCUT2D eigenvalue weighted by molar-refractivity contribution is 6.40. The second kappa shape index (κ2) is 3.33. The van der Waals surface area contributed by atoms with Crippen molar-refractivity contribution in [1.82, 2.24) is 4.90 Å². The fourth-order valence-corrected chi connectivity index (χ4v) is 1.79. The zero-order valence-corrected chi connectivity index (χ0v) is 8.03. The molecule has 0 spiro atoms. The van der Waals surface area contributed by atoms with Crippen molar-refractivity contribution in [1.29, 1.82) is 0 Å². The molecular weight excluding hydrogens is 163 g/mol. The van der Waals surface area contributed by atoms with Gasteiger partial charge in [0.05, 0.1) is 27.9 Å². The van der Waals surface area contributed by atoms with Crippen LogP contribution in [0.2, 0.25) is 0 Å². The van der Waals surface area contributed by atoms with Crippen LogP contribution in [-0.2, 0) is 4.74 Å². The molecule has 3 nitrogen and oxygen atoms in total. The quantitative estimate of drug-likeness (QED) is 0.493. The molecule has 66 valence electrons. The van der Waals surface area contributed by atoms with Crippen LogP contribution in [-0.4, -0.2) is 63.8 Å². The summed E-state index contributed by atoms with van der Waals surface area (Å²) in [6, 6.07) is -0.0473. The van der Waals surface area contributed by atoms with Crippen molar-refractivity contribution in [3.63, 3.8) is 0 Å². The highest BCUT2D eigenvalue weighted by atomic mass is 16.5. The molecule has 1 atom stereocenters. The van der Waals surface area contributed by atoms with Gasteiger partial charge in [0.25, 0.3) is 0 Å². The molecule has 0 bridgehead atoms. The highest BCUT2D eigenvalue weighted by Crippen LogP contribution is 2.25. The molecule has 6 radical (unpaired) electrons. The van der Waals surface area contributed by atoms with E-state index in [9.17, 15) is 5.11 Å². The molecule has 1 N–H and O–H groups in total. The number of morpholine rings is 1. The van der Waals surface area contributed by atoms with Crippen molar-refractivity contribution in [3.05, 3.63) is 0 Å². The first-order valence-electron chi connectivity index (χ1n) is 4.23. The van der Waals surface area contributed by atoms with Crippen LogP contribution in [0.4, 0.5) is 0 Å². The SMILES string of the molecule is [B]C1([B])COCC([B])(O)N1C(C)C. The van der Waals surface area contributed by atoms with Crippen LogP contribution >= 0.6 is 0 Å². The summed E-state index contributed by atoms with van der Waals surface area (Å²) in [5.74, 6) is 0. The van der Waals surface area contributed by atoms with Gasteiger partial charge in [0.15, 0.2) is 0 Å². The molecule has 1 heterocycles. The zero-order chi connectivity index (χ0) is 10.3. The topological polar surface area (TPSA) is 32.7 Å². The summed E-state index contributed by atoms with van der Waals surface area (Å²) < 4.78 is 5.01. The molecule has 6 heteroatoms. The largest absolute Gasteiger partial charge is 0.383 e. The molecule has 1 aliphatic heterocycles. The van der Waals surface area contributed by atoms with Crippen LogP contribution in [0.3, 0.4) is 0 Å². The first-order chi connectivity index (χ1) is 5.77. The molecule has 0 amide bonds. The maximum Gasteiger partial charge on any atom is 0.138 e. The number of aliphatic hydroxyl groups is 1. The average Bonchev–Trinajstić information content (AvgIpc) is 1.79. The molecule has 13 heavy (non-hydrogen) atoms. The summed E-state index contributed by atoms with van der Waals surface area (Å²) in [6.45, 7) is 3.89. The van der Waals surface area contributed by atoms with Gasteiger partial charge in [0.2, 0.25) is 0 Å². The number of hydrogen-bond donors (Lipinski definition) is 1. The number of rotatable bonds is 1. The molecule has 1 unspecified atom stereocenters. The summed E-state index contributed by atoms with van der Waals surface area (Å²) in [5, 5.41) is 8.55. The van der Waals surface area contributed by atoms with Gasteiger partial charge in [0.1, 0.15) is 7.85 Å². The third-order valence-corrected chi connectivity index (χ3v) is 2.03. The van der Waals surface area contributed by atoms with E-state index in [2.05, 4.69) is 0 Å². The Bertz CT molecular complexity index is 180. The first kappa shape index (κ1) is 11.2. The van der Waals surface area contributed by atoms with Crippen LogP contribution < -0.4 is 0 Å². The minimum Gasteiger partial charge on any atom is -0.383 e. The van der Waals surface area contributed by atoms with Crippen molar-refractivity contribution in [3.8, 4) is 0 Å². The van der Waals surface area contributed by atoms with E-state index in [1.807, 2.05) is 13.8 Å². The summed E-state index contributed by atoms with van der Waals surface area (Å²) in [7, 11) is 17.1. The monoisotopic (exact) mass is 175 g/mol. The molecular formula is C7H12B3NO2. The van der Waals surface area contributed by atoms with Crippen LogP contribution in [0.5, 0.6) is 0 Å². The maximum absolute atomic E-state index is 9.76. The molecule has 0 aromatic carbocycles. The molecule has 1 aliphatic rings. The smallest absolute Gasteiger partial charge is 0.138 e. The lowest BCUT2D eigenvalue weighted by Crippen LogP contribution is -2.71. The van der Waals surface area contributed by atoms with E-state index in [4.69, 9.17) is 28.3 Å². The van der Waals surface area contributed by atoms with Crippen molar-refractivity contribution < 1.29 is 9.84 Å². The molecule has 0 aromatic heterocycles. The molecule has 1 saturated heterocycles. The van der Waals surface area contributed by atoms with Crippen LogP contribution in [0.15, 0.2) is 0 Å². The van der Waals surface area contributed by atoms with E-state index >= 15 is 0 Å². The van der Waals surface area contributed by atoms with Gasteiger partial charge >= 0.3 is 0 Å². The normalized spacial score (nSPS) is 35.1. The van der Waals surface area contributed by atoms with Gasteiger partial charge < -0.3 is 9.84 Å². The van der Waals surface area contributed by atoms with Crippen LogP contribution in [0.25, 0.3) is 0 Å². The molecule has 0 aliphatic carbocycles. The maximum atomic E-state index is 9.76. The van der Waals surface area contributed by atoms with Gasteiger partial charge in [-0.1, -0.05) is 0 Å².